The first-order valence-electron chi connectivity index (χ1n) is 6.91. The van der Waals surface area contributed by atoms with Gasteiger partial charge in [0.05, 0.1) is 6.54 Å². The second-order valence-electron chi connectivity index (χ2n) is 6.27. The number of β-amino-alcohol motifs (C(OH)–C–C–N with tert-alkyl or cyclic N) is 1. The SMILES string of the molecule is CC(C)(C)OC(=O)N1CCCC(O)(c2ccncc2)C1. The van der Waals surface area contributed by atoms with Crippen molar-refractivity contribution in [3.63, 3.8) is 0 Å². The van der Waals surface area contributed by atoms with Crippen molar-refractivity contribution in [1.82, 2.24) is 9.88 Å². The third kappa shape index (κ3) is 3.48. The van der Waals surface area contributed by atoms with E-state index in [-0.39, 0.29) is 12.6 Å². The van der Waals surface area contributed by atoms with E-state index >= 15 is 0 Å². The molecule has 1 unspecified atom stereocenters. The van der Waals surface area contributed by atoms with Crippen LogP contribution in [0.4, 0.5) is 4.79 Å². The summed E-state index contributed by atoms with van der Waals surface area (Å²) in [5, 5.41) is 10.8. The second kappa shape index (κ2) is 5.40. The molecule has 1 amide bonds. The molecule has 0 spiro atoms. The van der Waals surface area contributed by atoms with E-state index in [2.05, 4.69) is 4.98 Å². The number of pyridine rings is 1. The van der Waals surface area contributed by atoms with E-state index in [4.69, 9.17) is 4.74 Å². The standard InChI is InChI=1S/C15H22N2O3/c1-14(2,3)20-13(18)17-10-4-7-15(19,11-17)12-5-8-16-9-6-12/h5-6,8-9,19H,4,7,10-11H2,1-3H3. The van der Waals surface area contributed by atoms with Crippen molar-refractivity contribution >= 4 is 6.09 Å². The summed E-state index contributed by atoms with van der Waals surface area (Å²) < 4.78 is 5.37. The molecule has 110 valence electrons. The minimum Gasteiger partial charge on any atom is -0.444 e. The van der Waals surface area contributed by atoms with E-state index in [1.165, 1.54) is 0 Å². The number of carbonyl (C=O) groups is 1. The van der Waals surface area contributed by atoms with E-state index in [1.54, 1.807) is 29.4 Å². The molecule has 0 saturated carbocycles. The summed E-state index contributed by atoms with van der Waals surface area (Å²) in [6.07, 6.45) is 4.32. The van der Waals surface area contributed by atoms with Gasteiger partial charge in [-0.1, -0.05) is 0 Å². The van der Waals surface area contributed by atoms with Gasteiger partial charge in [0.15, 0.2) is 0 Å². The highest BCUT2D eigenvalue weighted by Crippen LogP contribution is 2.31. The lowest BCUT2D eigenvalue weighted by Crippen LogP contribution is -2.49. The molecule has 0 radical (unpaired) electrons. The van der Waals surface area contributed by atoms with Crippen LogP contribution in [0.25, 0.3) is 0 Å². The first kappa shape index (κ1) is 14.8. The molecule has 1 aromatic rings. The van der Waals surface area contributed by atoms with Crippen LogP contribution >= 0.6 is 0 Å². The Hall–Kier alpha value is -1.62. The van der Waals surface area contributed by atoms with Gasteiger partial charge in [-0.3, -0.25) is 4.98 Å². The molecule has 5 heteroatoms. The van der Waals surface area contributed by atoms with Gasteiger partial charge in [-0.15, -0.1) is 0 Å². The Morgan fingerprint density at radius 1 is 1.40 bits per heavy atom. The maximum absolute atomic E-state index is 12.1. The third-order valence-corrected chi connectivity index (χ3v) is 3.34. The lowest BCUT2D eigenvalue weighted by atomic mass is 9.86. The highest BCUT2D eigenvalue weighted by Gasteiger charge is 2.38. The minimum absolute atomic E-state index is 0.256. The molecule has 2 rings (SSSR count). The van der Waals surface area contributed by atoms with Crippen molar-refractivity contribution in [2.75, 3.05) is 13.1 Å². The first-order valence-corrected chi connectivity index (χ1v) is 6.91. The van der Waals surface area contributed by atoms with Crippen LogP contribution in [-0.2, 0) is 10.3 Å². The number of hydrogen-bond donors (Lipinski definition) is 1. The van der Waals surface area contributed by atoms with Gasteiger partial charge >= 0.3 is 6.09 Å². The van der Waals surface area contributed by atoms with E-state index in [0.717, 1.165) is 12.0 Å². The van der Waals surface area contributed by atoms with E-state index in [1.807, 2.05) is 20.8 Å². The number of ether oxygens (including phenoxy) is 1. The number of nitrogens with zero attached hydrogens (tertiary/aromatic N) is 2. The maximum atomic E-state index is 12.1. The Labute approximate surface area is 119 Å². The summed E-state index contributed by atoms with van der Waals surface area (Å²) in [5.74, 6) is 0. The van der Waals surface area contributed by atoms with E-state index in [9.17, 15) is 9.90 Å². The molecule has 0 aliphatic carbocycles. The van der Waals surface area contributed by atoms with Gasteiger partial charge in [0.1, 0.15) is 11.2 Å². The predicted octanol–water partition coefficient (Wildman–Crippen LogP) is 2.30. The van der Waals surface area contributed by atoms with E-state index < -0.39 is 11.2 Å². The number of aliphatic hydroxyl groups is 1. The van der Waals surface area contributed by atoms with Crippen LogP contribution in [0, 0.1) is 0 Å². The smallest absolute Gasteiger partial charge is 0.410 e. The van der Waals surface area contributed by atoms with Crippen LogP contribution in [0.1, 0.15) is 39.2 Å². The van der Waals surface area contributed by atoms with Crippen molar-refractivity contribution in [3.05, 3.63) is 30.1 Å². The molecule has 1 N–H and O–H groups in total. The highest BCUT2D eigenvalue weighted by molar-refractivity contribution is 5.68. The van der Waals surface area contributed by atoms with Crippen LogP contribution in [-0.4, -0.2) is 39.8 Å². The van der Waals surface area contributed by atoms with Gasteiger partial charge in [-0.25, -0.2) is 4.79 Å². The van der Waals surface area contributed by atoms with Crippen LogP contribution in [0.15, 0.2) is 24.5 Å². The molecule has 0 bridgehead atoms. The molecule has 2 heterocycles. The van der Waals surface area contributed by atoms with E-state index in [0.29, 0.717) is 13.0 Å². The fraction of sp³-hybridized carbons (Fsp3) is 0.600. The molecular weight excluding hydrogens is 256 g/mol. The molecule has 1 aromatic heterocycles. The lowest BCUT2D eigenvalue weighted by Gasteiger charge is -2.39. The maximum Gasteiger partial charge on any atom is 0.410 e. The number of piperidine rings is 1. The van der Waals surface area contributed by atoms with Crippen LogP contribution in [0.5, 0.6) is 0 Å². The zero-order chi connectivity index (χ0) is 14.8. The average Bonchev–Trinajstić information content (AvgIpc) is 2.38. The van der Waals surface area contributed by atoms with Gasteiger partial charge < -0.3 is 14.7 Å². The van der Waals surface area contributed by atoms with Gasteiger partial charge in [0, 0.05) is 18.9 Å². The van der Waals surface area contributed by atoms with Crippen LogP contribution < -0.4 is 0 Å². The molecule has 1 aliphatic rings. The van der Waals surface area contributed by atoms with Crippen LogP contribution in [0.2, 0.25) is 0 Å². The molecule has 0 aromatic carbocycles. The van der Waals surface area contributed by atoms with Gasteiger partial charge in [0.25, 0.3) is 0 Å². The van der Waals surface area contributed by atoms with Crippen molar-refractivity contribution in [1.29, 1.82) is 0 Å². The average molecular weight is 278 g/mol. The topological polar surface area (TPSA) is 62.7 Å². The molecule has 1 aliphatic heterocycles. The molecule has 1 saturated heterocycles. The summed E-state index contributed by atoms with van der Waals surface area (Å²) in [7, 11) is 0. The van der Waals surface area contributed by atoms with Gasteiger partial charge in [0.2, 0.25) is 0 Å². The molecule has 5 nitrogen and oxygen atoms in total. The minimum atomic E-state index is -1.02. The van der Waals surface area contributed by atoms with Crippen molar-refractivity contribution in [2.24, 2.45) is 0 Å². The summed E-state index contributed by atoms with van der Waals surface area (Å²) >= 11 is 0. The quantitative estimate of drug-likeness (QED) is 0.856. The lowest BCUT2D eigenvalue weighted by molar-refractivity contribution is -0.0465. The number of carbonyl (C=O) groups excluding carboxylic acids is 1. The zero-order valence-electron chi connectivity index (χ0n) is 12.3. The third-order valence-electron chi connectivity index (χ3n) is 3.34. The number of amides is 1. The molecule has 1 atom stereocenters. The Kier molecular flexibility index (Phi) is 3.99. The zero-order valence-corrected chi connectivity index (χ0v) is 12.3. The van der Waals surface area contributed by atoms with Crippen LogP contribution in [0.3, 0.4) is 0 Å². The van der Waals surface area contributed by atoms with Crippen molar-refractivity contribution in [2.45, 2.75) is 44.8 Å². The van der Waals surface area contributed by atoms with Crippen molar-refractivity contribution < 1.29 is 14.6 Å². The summed E-state index contributed by atoms with van der Waals surface area (Å²) in [6, 6.07) is 3.58. The first-order chi connectivity index (χ1) is 9.30. The molecular formula is C15H22N2O3. The van der Waals surface area contributed by atoms with Crippen molar-refractivity contribution in [3.8, 4) is 0 Å². The second-order valence-corrected chi connectivity index (χ2v) is 6.27. The number of likely N-dealkylation sites (tertiary alicyclic amines) is 1. The number of hydrogen-bond acceptors (Lipinski definition) is 4. The predicted molar refractivity (Wildman–Crippen MR) is 75.2 cm³/mol. The normalized spacial score (nSPS) is 23.5. The van der Waals surface area contributed by atoms with Gasteiger partial charge in [-0.05, 0) is 51.3 Å². The number of rotatable bonds is 1. The Bertz CT molecular complexity index is 470. The monoisotopic (exact) mass is 278 g/mol. The number of aromatic nitrogens is 1. The summed E-state index contributed by atoms with van der Waals surface area (Å²) in [4.78, 5) is 17.6. The molecule has 20 heavy (non-hydrogen) atoms. The summed E-state index contributed by atoms with van der Waals surface area (Å²) in [5.41, 5.74) is -0.748. The largest absolute Gasteiger partial charge is 0.444 e. The summed E-state index contributed by atoms with van der Waals surface area (Å²) in [6.45, 7) is 6.38. The fourth-order valence-corrected chi connectivity index (χ4v) is 2.42. The Morgan fingerprint density at radius 2 is 2.05 bits per heavy atom. The highest BCUT2D eigenvalue weighted by atomic mass is 16.6. The Balaban J connectivity index is 2.11. The fourth-order valence-electron chi connectivity index (χ4n) is 2.42. The Morgan fingerprint density at radius 3 is 2.65 bits per heavy atom. The molecule has 1 fully saturated rings. The van der Waals surface area contributed by atoms with Gasteiger partial charge in [-0.2, -0.15) is 0 Å².